The van der Waals surface area contributed by atoms with Crippen LogP contribution in [-0.4, -0.2) is 14.8 Å². The number of nitrogens with zero attached hydrogens (tertiary/aromatic N) is 4. The van der Waals surface area contributed by atoms with E-state index in [0.717, 1.165) is 22.3 Å². The van der Waals surface area contributed by atoms with Crippen molar-refractivity contribution in [1.82, 2.24) is 14.8 Å². The number of aromatic nitrogens is 3. The Bertz CT molecular complexity index is 587. The monoisotopic (exact) mass is 214 g/mol. The zero-order valence-electron chi connectivity index (χ0n) is 9.94. The summed E-state index contributed by atoms with van der Waals surface area (Å²) >= 11 is 0. The van der Waals surface area contributed by atoms with Crippen molar-refractivity contribution < 1.29 is 0 Å². The van der Waals surface area contributed by atoms with Crippen LogP contribution in [0.4, 0.5) is 0 Å². The van der Waals surface area contributed by atoms with Crippen molar-refractivity contribution in [2.75, 3.05) is 0 Å². The summed E-state index contributed by atoms with van der Waals surface area (Å²) in [5.41, 5.74) is 3.37. The van der Waals surface area contributed by atoms with Gasteiger partial charge in [0.25, 0.3) is 0 Å². The molecule has 0 unspecified atom stereocenters. The van der Waals surface area contributed by atoms with E-state index in [4.69, 9.17) is 5.26 Å². The van der Waals surface area contributed by atoms with Gasteiger partial charge in [-0.05, 0) is 24.5 Å². The molecule has 0 aliphatic rings. The molecule has 0 spiro atoms. The Morgan fingerprint density at radius 1 is 1.44 bits per heavy atom. The summed E-state index contributed by atoms with van der Waals surface area (Å²) in [4.78, 5) is 4.30. The first-order chi connectivity index (χ1) is 7.54. The van der Waals surface area contributed by atoms with Gasteiger partial charge < -0.3 is 0 Å². The first-order valence-corrected chi connectivity index (χ1v) is 5.29. The molecular weight excluding hydrogens is 200 g/mol. The fourth-order valence-electron chi connectivity index (χ4n) is 1.99. The zero-order valence-corrected chi connectivity index (χ0v) is 9.94. The number of nitriles is 1. The SMILES string of the molecule is Cc1nn(C)c2nc(C#N)cc(C(C)C)c12. The van der Waals surface area contributed by atoms with Crippen LogP contribution in [0.25, 0.3) is 11.0 Å². The molecule has 0 aliphatic heterocycles. The summed E-state index contributed by atoms with van der Waals surface area (Å²) in [5.74, 6) is 0.362. The number of hydrogen-bond acceptors (Lipinski definition) is 3. The Labute approximate surface area is 94.5 Å². The number of fused-ring (bicyclic) bond motifs is 1. The van der Waals surface area contributed by atoms with E-state index in [0.29, 0.717) is 11.6 Å². The Morgan fingerprint density at radius 2 is 2.12 bits per heavy atom. The molecule has 16 heavy (non-hydrogen) atoms. The summed E-state index contributed by atoms with van der Waals surface area (Å²) in [6, 6.07) is 3.96. The van der Waals surface area contributed by atoms with Crippen molar-refractivity contribution in [2.24, 2.45) is 7.05 Å². The second-order valence-electron chi connectivity index (χ2n) is 4.27. The quantitative estimate of drug-likeness (QED) is 0.731. The Hall–Kier alpha value is -1.89. The van der Waals surface area contributed by atoms with E-state index < -0.39 is 0 Å². The molecule has 0 radical (unpaired) electrons. The molecule has 0 N–H and O–H groups in total. The third kappa shape index (κ3) is 1.45. The Kier molecular flexibility index (Phi) is 2.39. The zero-order chi connectivity index (χ0) is 11.9. The summed E-state index contributed by atoms with van der Waals surface area (Å²) in [5, 5.41) is 14.4. The highest BCUT2D eigenvalue weighted by atomic mass is 15.3. The van der Waals surface area contributed by atoms with Gasteiger partial charge in [0, 0.05) is 12.4 Å². The van der Waals surface area contributed by atoms with Crippen LogP contribution in [0.3, 0.4) is 0 Å². The highest BCUT2D eigenvalue weighted by molar-refractivity contribution is 5.83. The lowest BCUT2D eigenvalue weighted by molar-refractivity contribution is 0.773. The predicted octanol–water partition coefficient (Wildman–Crippen LogP) is 2.27. The topological polar surface area (TPSA) is 54.5 Å². The second kappa shape index (κ2) is 3.60. The molecule has 2 heterocycles. The standard InChI is InChI=1S/C12H14N4/c1-7(2)10-5-9(6-13)14-12-11(10)8(3)15-16(12)4/h5,7H,1-4H3. The van der Waals surface area contributed by atoms with Crippen molar-refractivity contribution >= 4 is 11.0 Å². The van der Waals surface area contributed by atoms with Crippen LogP contribution in [0.5, 0.6) is 0 Å². The normalized spacial score (nSPS) is 11.0. The van der Waals surface area contributed by atoms with Crippen molar-refractivity contribution in [3.05, 3.63) is 23.0 Å². The maximum absolute atomic E-state index is 8.96. The van der Waals surface area contributed by atoms with E-state index >= 15 is 0 Å². The highest BCUT2D eigenvalue weighted by Crippen LogP contribution is 2.27. The maximum Gasteiger partial charge on any atom is 0.159 e. The number of rotatable bonds is 1. The van der Waals surface area contributed by atoms with Gasteiger partial charge in [-0.1, -0.05) is 13.8 Å². The minimum absolute atomic E-state index is 0.362. The molecule has 4 nitrogen and oxygen atoms in total. The van der Waals surface area contributed by atoms with E-state index in [1.807, 2.05) is 20.0 Å². The number of aryl methyl sites for hydroxylation is 2. The van der Waals surface area contributed by atoms with Crippen molar-refractivity contribution in [1.29, 1.82) is 5.26 Å². The third-order valence-electron chi connectivity index (χ3n) is 2.74. The molecule has 2 rings (SSSR count). The fourth-order valence-corrected chi connectivity index (χ4v) is 1.99. The van der Waals surface area contributed by atoms with Gasteiger partial charge in [0.1, 0.15) is 11.8 Å². The van der Waals surface area contributed by atoms with Gasteiger partial charge >= 0.3 is 0 Å². The molecule has 4 heteroatoms. The summed E-state index contributed by atoms with van der Waals surface area (Å²) in [6.45, 7) is 6.20. The van der Waals surface area contributed by atoms with E-state index in [-0.39, 0.29) is 0 Å². The minimum Gasteiger partial charge on any atom is -0.250 e. The van der Waals surface area contributed by atoms with Gasteiger partial charge in [0.15, 0.2) is 5.65 Å². The van der Waals surface area contributed by atoms with Crippen LogP contribution >= 0.6 is 0 Å². The maximum atomic E-state index is 8.96. The van der Waals surface area contributed by atoms with E-state index in [1.165, 1.54) is 0 Å². The van der Waals surface area contributed by atoms with Gasteiger partial charge in [-0.15, -0.1) is 0 Å². The van der Waals surface area contributed by atoms with Gasteiger partial charge in [0.05, 0.1) is 5.69 Å². The highest BCUT2D eigenvalue weighted by Gasteiger charge is 2.15. The first kappa shape index (κ1) is 10.6. The summed E-state index contributed by atoms with van der Waals surface area (Å²) < 4.78 is 1.73. The molecule has 0 aromatic carbocycles. The lowest BCUT2D eigenvalue weighted by Crippen LogP contribution is -1.97. The predicted molar refractivity (Wildman–Crippen MR) is 62.1 cm³/mol. The molecule has 0 saturated heterocycles. The van der Waals surface area contributed by atoms with Crippen LogP contribution in [-0.2, 0) is 7.05 Å². The molecule has 0 atom stereocenters. The lowest BCUT2D eigenvalue weighted by atomic mass is 9.99. The van der Waals surface area contributed by atoms with Crippen molar-refractivity contribution in [3.63, 3.8) is 0 Å². The van der Waals surface area contributed by atoms with Crippen LogP contribution in [0.15, 0.2) is 6.07 Å². The van der Waals surface area contributed by atoms with E-state index in [9.17, 15) is 0 Å². The fraction of sp³-hybridized carbons (Fsp3) is 0.417. The van der Waals surface area contributed by atoms with Gasteiger partial charge in [-0.3, -0.25) is 4.68 Å². The van der Waals surface area contributed by atoms with Crippen LogP contribution in [0.2, 0.25) is 0 Å². The Morgan fingerprint density at radius 3 is 2.69 bits per heavy atom. The molecule has 0 bridgehead atoms. The van der Waals surface area contributed by atoms with Gasteiger partial charge in [-0.2, -0.15) is 10.4 Å². The summed E-state index contributed by atoms with van der Waals surface area (Å²) in [6.07, 6.45) is 0. The van der Waals surface area contributed by atoms with Crippen LogP contribution in [0.1, 0.15) is 36.7 Å². The number of pyridine rings is 1. The minimum atomic E-state index is 0.362. The third-order valence-corrected chi connectivity index (χ3v) is 2.74. The van der Waals surface area contributed by atoms with Gasteiger partial charge in [0.2, 0.25) is 0 Å². The summed E-state index contributed by atoms with van der Waals surface area (Å²) in [7, 11) is 1.85. The van der Waals surface area contributed by atoms with E-state index in [1.54, 1.807) is 4.68 Å². The van der Waals surface area contributed by atoms with Crippen molar-refractivity contribution in [2.45, 2.75) is 26.7 Å². The molecule has 0 saturated carbocycles. The molecule has 2 aromatic heterocycles. The molecule has 2 aromatic rings. The second-order valence-corrected chi connectivity index (χ2v) is 4.27. The average molecular weight is 214 g/mol. The molecular formula is C12H14N4. The van der Waals surface area contributed by atoms with Gasteiger partial charge in [-0.25, -0.2) is 4.98 Å². The largest absolute Gasteiger partial charge is 0.250 e. The molecule has 0 fully saturated rings. The molecule has 82 valence electrons. The lowest BCUT2D eigenvalue weighted by Gasteiger charge is -2.07. The first-order valence-electron chi connectivity index (χ1n) is 5.29. The Balaban J connectivity index is 2.91. The average Bonchev–Trinajstić information content (AvgIpc) is 2.53. The molecule has 0 amide bonds. The smallest absolute Gasteiger partial charge is 0.159 e. The van der Waals surface area contributed by atoms with Crippen LogP contribution in [0, 0.1) is 18.3 Å². The van der Waals surface area contributed by atoms with Crippen LogP contribution < -0.4 is 0 Å². The number of hydrogen-bond donors (Lipinski definition) is 0. The molecule has 0 aliphatic carbocycles. The van der Waals surface area contributed by atoms with E-state index in [2.05, 4.69) is 30.0 Å². The van der Waals surface area contributed by atoms with Crippen molar-refractivity contribution in [3.8, 4) is 6.07 Å².